The number of benzene rings is 1. The van der Waals surface area contributed by atoms with Crippen molar-refractivity contribution in [2.45, 2.75) is 19.4 Å². The lowest BCUT2D eigenvalue weighted by Crippen LogP contribution is -2.55. The summed E-state index contributed by atoms with van der Waals surface area (Å²) in [4.78, 5) is 2.42. The van der Waals surface area contributed by atoms with E-state index in [2.05, 4.69) is 48.5 Å². The number of nitrogens with zero attached hydrogens (tertiary/aromatic N) is 1. The van der Waals surface area contributed by atoms with Crippen molar-refractivity contribution in [3.05, 3.63) is 29.8 Å². The number of hydrogen-bond donors (Lipinski definition) is 1. The van der Waals surface area contributed by atoms with E-state index in [0.29, 0.717) is 0 Å². The van der Waals surface area contributed by atoms with Gasteiger partial charge in [0, 0.05) is 19.6 Å². The van der Waals surface area contributed by atoms with Crippen LogP contribution in [0.5, 0.6) is 5.75 Å². The molecule has 0 saturated carbocycles. The number of hydrogen-bond acceptors (Lipinski definition) is 3. The molecule has 3 nitrogen and oxygen atoms in total. The first kappa shape index (κ1) is 12.4. The molecule has 1 atom stereocenters. The zero-order valence-electron chi connectivity index (χ0n) is 11.0. The van der Waals surface area contributed by atoms with E-state index in [1.54, 1.807) is 0 Å². The fourth-order valence-corrected chi connectivity index (χ4v) is 2.36. The topological polar surface area (TPSA) is 24.5 Å². The van der Waals surface area contributed by atoms with Crippen LogP contribution in [0.1, 0.15) is 19.4 Å². The Hall–Kier alpha value is -1.06. The molecule has 1 aromatic rings. The van der Waals surface area contributed by atoms with Crippen molar-refractivity contribution in [3.63, 3.8) is 0 Å². The van der Waals surface area contributed by atoms with Crippen molar-refractivity contribution in [3.8, 4) is 5.75 Å². The van der Waals surface area contributed by atoms with Crippen LogP contribution in [0.4, 0.5) is 0 Å². The van der Waals surface area contributed by atoms with E-state index in [9.17, 15) is 0 Å². The molecule has 0 aromatic heterocycles. The highest BCUT2D eigenvalue weighted by atomic mass is 16.5. The molecule has 1 aliphatic rings. The molecule has 1 N–H and O–H groups in total. The molecular formula is C14H22N2O. The van der Waals surface area contributed by atoms with Gasteiger partial charge in [0.15, 0.2) is 0 Å². The molecule has 3 heteroatoms. The van der Waals surface area contributed by atoms with Crippen LogP contribution < -0.4 is 10.1 Å². The van der Waals surface area contributed by atoms with E-state index in [0.717, 1.165) is 32.0 Å². The molecule has 1 unspecified atom stereocenters. The molecule has 1 aromatic carbocycles. The molecule has 0 aliphatic carbocycles. The monoisotopic (exact) mass is 234 g/mol. The molecule has 1 heterocycles. The first-order valence-corrected chi connectivity index (χ1v) is 6.32. The summed E-state index contributed by atoms with van der Waals surface area (Å²) in [5.41, 5.74) is 1.43. The van der Waals surface area contributed by atoms with Crippen molar-refractivity contribution < 1.29 is 4.74 Å². The predicted octanol–water partition coefficient (Wildman–Crippen LogP) is 1.84. The normalized spacial score (nSPS) is 25.8. The van der Waals surface area contributed by atoms with Gasteiger partial charge in [-0.25, -0.2) is 0 Å². The zero-order chi connectivity index (χ0) is 12.3. The van der Waals surface area contributed by atoms with Crippen molar-refractivity contribution in [2.24, 2.45) is 0 Å². The number of rotatable bonds is 3. The van der Waals surface area contributed by atoms with Gasteiger partial charge in [-0.05, 0) is 38.6 Å². The maximum atomic E-state index is 5.48. The van der Waals surface area contributed by atoms with Gasteiger partial charge in [0.2, 0.25) is 0 Å². The van der Waals surface area contributed by atoms with Gasteiger partial charge in [-0.15, -0.1) is 0 Å². The van der Waals surface area contributed by atoms with Crippen molar-refractivity contribution in [1.29, 1.82) is 0 Å². The lowest BCUT2D eigenvalue weighted by Gasteiger charge is -2.43. The van der Waals surface area contributed by atoms with Gasteiger partial charge in [-0.2, -0.15) is 0 Å². The summed E-state index contributed by atoms with van der Waals surface area (Å²) in [6.07, 6.45) is 0. The van der Waals surface area contributed by atoms with Crippen LogP contribution >= 0.6 is 0 Å². The van der Waals surface area contributed by atoms with Gasteiger partial charge in [0.1, 0.15) is 5.75 Å². The van der Waals surface area contributed by atoms with Crippen molar-refractivity contribution in [2.75, 3.05) is 33.3 Å². The largest absolute Gasteiger partial charge is 0.494 e. The molecule has 0 spiro atoms. The molecule has 1 fully saturated rings. The number of nitrogens with one attached hydrogen (secondary N) is 1. The average molecular weight is 234 g/mol. The highest BCUT2D eigenvalue weighted by molar-refractivity contribution is 5.32. The minimum atomic E-state index is 0.0863. The fourth-order valence-electron chi connectivity index (χ4n) is 2.36. The molecular weight excluding hydrogens is 212 g/mol. The van der Waals surface area contributed by atoms with E-state index in [4.69, 9.17) is 4.74 Å². The van der Waals surface area contributed by atoms with Gasteiger partial charge in [0.05, 0.1) is 12.1 Å². The smallest absolute Gasteiger partial charge is 0.119 e. The minimum absolute atomic E-state index is 0.0863. The van der Waals surface area contributed by atoms with Gasteiger partial charge in [-0.3, -0.25) is 4.90 Å². The van der Waals surface area contributed by atoms with Gasteiger partial charge in [-0.1, -0.05) is 12.1 Å². The Bertz CT molecular complexity index is 363. The molecule has 0 radical (unpaired) electrons. The third kappa shape index (κ3) is 2.45. The van der Waals surface area contributed by atoms with Crippen LogP contribution in [0, 0.1) is 0 Å². The minimum Gasteiger partial charge on any atom is -0.494 e. The van der Waals surface area contributed by atoms with Gasteiger partial charge >= 0.3 is 0 Å². The second-order valence-electron chi connectivity index (χ2n) is 4.83. The number of piperazine rings is 1. The summed E-state index contributed by atoms with van der Waals surface area (Å²) in [6.45, 7) is 8.17. The van der Waals surface area contributed by atoms with Crippen molar-refractivity contribution in [1.82, 2.24) is 10.2 Å². The van der Waals surface area contributed by atoms with E-state index >= 15 is 0 Å². The lowest BCUT2D eigenvalue weighted by atomic mass is 9.89. The predicted molar refractivity (Wildman–Crippen MR) is 70.5 cm³/mol. The quantitative estimate of drug-likeness (QED) is 0.863. The third-order valence-electron chi connectivity index (χ3n) is 3.72. The third-order valence-corrected chi connectivity index (χ3v) is 3.72. The van der Waals surface area contributed by atoms with E-state index < -0.39 is 0 Å². The van der Waals surface area contributed by atoms with Crippen LogP contribution in [0.3, 0.4) is 0 Å². The molecule has 1 aliphatic heterocycles. The summed E-state index contributed by atoms with van der Waals surface area (Å²) in [5, 5.41) is 3.47. The molecule has 0 amide bonds. The van der Waals surface area contributed by atoms with Gasteiger partial charge in [0.25, 0.3) is 0 Å². The Morgan fingerprint density at radius 1 is 1.35 bits per heavy atom. The average Bonchev–Trinajstić information content (AvgIpc) is 2.34. The van der Waals surface area contributed by atoms with Crippen LogP contribution in [0.15, 0.2) is 24.3 Å². The van der Waals surface area contributed by atoms with E-state index in [1.807, 2.05) is 6.92 Å². The summed E-state index contributed by atoms with van der Waals surface area (Å²) >= 11 is 0. The second-order valence-corrected chi connectivity index (χ2v) is 4.83. The van der Waals surface area contributed by atoms with Gasteiger partial charge < -0.3 is 10.1 Å². The first-order valence-electron chi connectivity index (χ1n) is 6.32. The number of ether oxygens (including phenoxy) is 1. The highest BCUT2D eigenvalue weighted by Crippen LogP contribution is 2.29. The first-order chi connectivity index (χ1) is 8.16. The summed E-state index contributed by atoms with van der Waals surface area (Å²) in [5.74, 6) is 0.950. The second kappa shape index (κ2) is 5.07. The van der Waals surface area contributed by atoms with Crippen LogP contribution in [0.25, 0.3) is 0 Å². The fraction of sp³-hybridized carbons (Fsp3) is 0.571. The standard InChI is InChI=1S/C14H22N2O/c1-4-17-13-7-5-12(6-8-13)14(2)11-15-9-10-16(14)3/h5-8,15H,4,9-11H2,1-3H3. The Morgan fingerprint density at radius 2 is 2.06 bits per heavy atom. The van der Waals surface area contributed by atoms with Crippen LogP contribution in [-0.2, 0) is 5.54 Å². The lowest BCUT2D eigenvalue weighted by molar-refractivity contribution is 0.104. The Morgan fingerprint density at radius 3 is 2.65 bits per heavy atom. The Labute approximate surface area is 104 Å². The molecule has 94 valence electrons. The summed E-state index contributed by atoms with van der Waals surface area (Å²) in [7, 11) is 2.19. The molecule has 2 rings (SSSR count). The Balaban J connectivity index is 2.20. The number of likely N-dealkylation sites (N-methyl/N-ethyl adjacent to an activating group) is 1. The molecule has 1 saturated heterocycles. The maximum Gasteiger partial charge on any atom is 0.119 e. The van der Waals surface area contributed by atoms with E-state index in [-0.39, 0.29) is 5.54 Å². The molecule has 0 bridgehead atoms. The van der Waals surface area contributed by atoms with Crippen molar-refractivity contribution >= 4 is 0 Å². The molecule has 17 heavy (non-hydrogen) atoms. The van der Waals surface area contributed by atoms with Crippen LogP contribution in [-0.4, -0.2) is 38.2 Å². The zero-order valence-corrected chi connectivity index (χ0v) is 11.0. The Kier molecular flexibility index (Phi) is 3.69. The maximum absolute atomic E-state index is 5.48. The summed E-state index contributed by atoms with van der Waals surface area (Å²) < 4.78 is 5.48. The van der Waals surface area contributed by atoms with E-state index in [1.165, 1.54) is 5.56 Å². The summed E-state index contributed by atoms with van der Waals surface area (Å²) in [6, 6.07) is 8.47. The highest BCUT2D eigenvalue weighted by Gasteiger charge is 2.33. The van der Waals surface area contributed by atoms with Crippen LogP contribution in [0.2, 0.25) is 0 Å². The SMILES string of the molecule is CCOc1ccc(C2(C)CNCCN2C)cc1.